The fraction of sp³-hybridized carbons (Fsp3) is 0.667. The Bertz CT molecular complexity index is 363. The van der Waals surface area contributed by atoms with Crippen LogP contribution < -0.4 is 10.6 Å². The van der Waals surface area contributed by atoms with Gasteiger partial charge >= 0.3 is 0 Å². The van der Waals surface area contributed by atoms with Gasteiger partial charge in [0, 0.05) is 13.1 Å². The minimum absolute atomic E-state index is 0.159. The number of nitrogens with zero attached hydrogens (tertiary/aromatic N) is 2. The van der Waals surface area contributed by atoms with Gasteiger partial charge in [0.1, 0.15) is 18.0 Å². The van der Waals surface area contributed by atoms with Crippen LogP contribution in [0.5, 0.6) is 0 Å². The Morgan fingerprint density at radius 2 is 1.94 bits per heavy atom. The van der Waals surface area contributed by atoms with Crippen molar-refractivity contribution in [1.82, 2.24) is 9.97 Å². The van der Waals surface area contributed by atoms with E-state index in [1.165, 1.54) is 12.7 Å². The van der Waals surface area contributed by atoms with E-state index < -0.39 is 0 Å². The predicted octanol–water partition coefficient (Wildman–Crippen LogP) is 1.63. The molecular formula is C12H20N4O. The molecule has 0 aliphatic heterocycles. The van der Waals surface area contributed by atoms with Crippen molar-refractivity contribution in [2.24, 2.45) is 0 Å². The van der Waals surface area contributed by atoms with Gasteiger partial charge in [-0.2, -0.15) is 0 Å². The second kappa shape index (κ2) is 5.31. The van der Waals surface area contributed by atoms with Crippen molar-refractivity contribution < 1.29 is 5.11 Å². The third-order valence-corrected chi connectivity index (χ3v) is 3.43. The van der Waals surface area contributed by atoms with Crippen molar-refractivity contribution >= 4 is 11.6 Å². The number of hydrogen-bond acceptors (Lipinski definition) is 5. The SMILES string of the molecule is CNc1cc(NC2(CO)CCCCC2)ncn1. The van der Waals surface area contributed by atoms with E-state index >= 15 is 0 Å². The molecule has 1 aromatic rings. The molecule has 17 heavy (non-hydrogen) atoms. The number of rotatable bonds is 4. The zero-order valence-corrected chi connectivity index (χ0v) is 10.2. The zero-order chi connectivity index (χ0) is 12.1. The highest BCUT2D eigenvalue weighted by atomic mass is 16.3. The number of aromatic nitrogens is 2. The van der Waals surface area contributed by atoms with E-state index in [0.717, 1.165) is 37.3 Å². The Morgan fingerprint density at radius 1 is 1.24 bits per heavy atom. The summed E-state index contributed by atoms with van der Waals surface area (Å²) in [5.74, 6) is 1.56. The monoisotopic (exact) mass is 236 g/mol. The van der Waals surface area contributed by atoms with Crippen molar-refractivity contribution in [3.8, 4) is 0 Å². The van der Waals surface area contributed by atoms with Gasteiger partial charge in [-0.05, 0) is 12.8 Å². The zero-order valence-electron chi connectivity index (χ0n) is 10.2. The molecule has 1 heterocycles. The molecule has 0 atom stereocenters. The molecule has 0 spiro atoms. The average molecular weight is 236 g/mol. The number of aliphatic hydroxyl groups is 1. The van der Waals surface area contributed by atoms with Crippen molar-refractivity contribution in [3.05, 3.63) is 12.4 Å². The van der Waals surface area contributed by atoms with E-state index in [4.69, 9.17) is 0 Å². The topological polar surface area (TPSA) is 70.1 Å². The van der Waals surface area contributed by atoms with Crippen LogP contribution >= 0.6 is 0 Å². The smallest absolute Gasteiger partial charge is 0.131 e. The average Bonchev–Trinajstić information content (AvgIpc) is 2.40. The van der Waals surface area contributed by atoms with Crippen LogP contribution in [0.1, 0.15) is 32.1 Å². The molecule has 0 unspecified atom stereocenters. The van der Waals surface area contributed by atoms with E-state index in [1.54, 1.807) is 0 Å². The van der Waals surface area contributed by atoms with Gasteiger partial charge in [0.15, 0.2) is 0 Å². The molecule has 5 nitrogen and oxygen atoms in total. The van der Waals surface area contributed by atoms with Crippen LogP contribution in [0.25, 0.3) is 0 Å². The largest absolute Gasteiger partial charge is 0.394 e. The third-order valence-electron chi connectivity index (χ3n) is 3.43. The van der Waals surface area contributed by atoms with E-state index in [1.807, 2.05) is 13.1 Å². The summed E-state index contributed by atoms with van der Waals surface area (Å²) in [5.41, 5.74) is -0.197. The lowest BCUT2D eigenvalue weighted by Crippen LogP contribution is -2.44. The molecule has 1 saturated carbocycles. The van der Waals surface area contributed by atoms with Gasteiger partial charge in [0.05, 0.1) is 12.1 Å². The normalized spacial score (nSPS) is 18.7. The first-order valence-corrected chi connectivity index (χ1v) is 6.17. The summed E-state index contributed by atoms with van der Waals surface area (Å²) >= 11 is 0. The third kappa shape index (κ3) is 2.85. The highest BCUT2D eigenvalue weighted by Crippen LogP contribution is 2.30. The molecule has 0 radical (unpaired) electrons. The second-order valence-corrected chi connectivity index (χ2v) is 4.66. The van der Waals surface area contributed by atoms with Crippen LogP contribution in [0.4, 0.5) is 11.6 Å². The van der Waals surface area contributed by atoms with Crippen LogP contribution in [0.3, 0.4) is 0 Å². The highest BCUT2D eigenvalue weighted by Gasteiger charge is 2.31. The molecular weight excluding hydrogens is 216 g/mol. The summed E-state index contributed by atoms with van der Waals surface area (Å²) in [6.45, 7) is 0.159. The van der Waals surface area contributed by atoms with E-state index in [0.29, 0.717) is 0 Å². The lowest BCUT2D eigenvalue weighted by atomic mass is 9.82. The number of nitrogens with one attached hydrogen (secondary N) is 2. The molecule has 94 valence electrons. The lowest BCUT2D eigenvalue weighted by Gasteiger charge is -2.36. The van der Waals surface area contributed by atoms with Gasteiger partial charge < -0.3 is 15.7 Å². The lowest BCUT2D eigenvalue weighted by molar-refractivity contribution is 0.172. The maximum atomic E-state index is 9.61. The van der Waals surface area contributed by atoms with Gasteiger partial charge in [0.25, 0.3) is 0 Å². The summed E-state index contributed by atoms with van der Waals surface area (Å²) in [7, 11) is 1.83. The highest BCUT2D eigenvalue weighted by molar-refractivity contribution is 5.47. The molecule has 1 fully saturated rings. The van der Waals surface area contributed by atoms with E-state index in [9.17, 15) is 5.11 Å². The number of anilines is 2. The first kappa shape index (κ1) is 12.1. The van der Waals surface area contributed by atoms with Gasteiger partial charge in [-0.15, -0.1) is 0 Å². The van der Waals surface area contributed by atoms with Crippen LogP contribution in [0.15, 0.2) is 12.4 Å². The first-order valence-electron chi connectivity index (χ1n) is 6.17. The summed E-state index contributed by atoms with van der Waals surface area (Å²) in [6.07, 6.45) is 7.12. The summed E-state index contributed by atoms with van der Waals surface area (Å²) < 4.78 is 0. The van der Waals surface area contributed by atoms with Crippen LogP contribution in [0, 0.1) is 0 Å². The molecule has 2 rings (SSSR count). The molecule has 1 aromatic heterocycles. The minimum Gasteiger partial charge on any atom is -0.394 e. The molecule has 0 aromatic carbocycles. The Hall–Kier alpha value is -1.36. The molecule has 5 heteroatoms. The molecule has 0 amide bonds. The number of hydrogen-bond donors (Lipinski definition) is 3. The quantitative estimate of drug-likeness (QED) is 0.741. The second-order valence-electron chi connectivity index (χ2n) is 4.66. The number of aliphatic hydroxyl groups excluding tert-OH is 1. The Morgan fingerprint density at radius 3 is 2.59 bits per heavy atom. The minimum atomic E-state index is -0.197. The van der Waals surface area contributed by atoms with Crippen molar-refractivity contribution in [1.29, 1.82) is 0 Å². The molecule has 0 bridgehead atoms. The summed E-state index contributed by atoms with van der Waals surface area (Å²) in [5, 5.41) is 16.0. The summed E-state index contributed by atoms with van der Waals surface area (Å²) in [6, 6.07) is 1.87. The maximum absolute atomic E-state index is 9.61. The van der Waals surface area contributed by atoms with Gasteiger partial charge in [0.2, 0.25) is 0 Å². The fourth-order valence-electron chi connectivity index (χ4n) is 2.39. The molecule has 1 aliphatic rings. The Kier molecular flexibility index (Phi) is 3.78. The fourth-order valence-corrected chi connectivity index (χ4v) is 2.39. The van der Waals surface area contributed by atoms with Crippen LogP contribution in [-0.2, 0) is 0 Å². The predicted molar refractivity (Wildman–Crippen MR) is 68.1 cm³/mol. The summed E-state index contributed by atoms with van der Waals surface area (Å²) in [4.78, 5) is 8.28. The first-order chi connectivity index (χ1) is 8.28. The Balaban J connectivity index is 2.11. The molecule has 3 N–H and O–H groups in total. The van der Waals surface area contributed by atoms with Crippen molar-refractivity contribution in [3.63, 3.8) is 0 Å². The van der Waals surface area contributed by atoms with Gasteiger partial charge in [-0.3, -0.25) is 0 Å². The van der Waals surface area contributed by atoms with E-state index in [-0.39, 0.29) is 12.1 Å². The maximum Gasteiger partial charge on any atom is 0.131 e. The standard InChI is InChI=1S/C12H20N4O/c1-13-10-7-11(15-9-14-10)16-12(8-17)5-3-2-4-6-12/h7,9,17H,2-6,8H2,1H3,(H2,13,14,15,16). The van der Waals surface area contributed by atoms with E-state index in [2.05, 4.69) is 20.6 Å². The van der Waals surface area contributed by atoms with Crippen molar-refractivity contribution in [2.75, 3.05) is 24.3 Å². The van der Waals surface area contributed by atoms with Gasteiger partial charge in [-0.25, -0.2) is 9.97 Å². The Labute approximate surface area is 102 Å². The molecule has 1 aliphatic carbocycles. The van der Waals surface area contributed by atoms with Gasteiger partial charge in [-0.1, -0.05) is 19.3 Å². The van der Waals surface area contributed by atoms with Crippen LogP contribution in [-0.4, -0.2) is 34.3 Å². The van der Waals surface area contributed by atoms with Crippen molar-refractivity contribution in [2.45, 2.75) is 37.6 Å². The molecule has 0 saturated heterocycles. The van der Waals surface area contributed by atoms with Crippen LogP contribution in [0.2, 0.25) is 0 Å².